The van der Waals surface area contributed by atoms with Crippen molar-refractivity contribution in [2.45, 2.75) is 12.8 Å². The van der Waals surface area contributed by atoms with Crippen LogP contribution in [0.5, 0.6) is 0 Å². The molecule has 1 fully saturated rings. The first-order valence-corrected chi connectivity index (χ1v) is 6.40. The van der Waals surface area contributed by atoms with Gasteiger partial charge in [-0.1, -0.05) is 36.6 Å². The number of rotatable bonds is 1. The number of amides is 1. The molecule has 1 aliphatic rings. The van der Waals surface area contributed by atoms with Crippen LogP contribution in [0.3, 0.4) is 0 Å². The highest BCUT2D eigenvalue weighted by Gasteiger charge is 2.23. The predicted octanol–water partition coefficient (Wildman–Crippen LogP) is 2.98. The molecule has 1 N–H and O–H groups in total. The Balaban J connectivity index is 1.92. The van der Waals surface area contributed by atoms with Crippen LogP contribution in [0.25, 0.3) is 0 Å². The molecule has 0 saturated carbocycles. The summed E-state index contributed by atoms with van der Waals surface area (Å²) >= 11 is 0. The van der Waals surface area contributed by atoms with E-state index in [4.69, 9.17) is 5.11 Å². The van der Waals surface area contributed by atoms with Gasteiger partial charge in [0.1, 0.15) is 0 Å². The van der Waals surface area contributed by atoms with Gasteiger partial charge in [-0.15, -0.1) is 0 Å². The zero-order valence-electron chi connectivity index (χ0n) is 10.8. The Labute approximate surface area is 113 Å². The molecule has 1 aromatic carbocycles. The van der Waals surface area contributed by atoms with E-state index in [9.17, 15) is 4.79 Å². The number of carbonyl (C=O) groups is 1. The van der Waals surface area contributed by atoms with E-state index in [2.05, 4.69) is 18.4 Å². The number of hydrogen-bond acceptors (Lipinski definition) is 1. The summed E-state index contributed by atoms with van der Waals surface area (Å²) in [6, 6.07) is 9.80. The van der Waals surface area contributed by atoms with Crippen LogP contribution in [0.4, 0.5) is 4.79 Å². The third-order valence-corrected chi connectivity index (χ3v) is 3.40. The van der Waals surface area contributed by atoms with Crippen LogP contribution in [0.15, 0.2) is 42.5 Å². The molecule has 98 valence electrons. The fraction of sp³-hybridized carbons (Fsp3) is 0.312. The molecule has 1 heterocycles. The molecule has 1 aromatic rings. The van der Waals surface area contributed by atoms with Crippen LogP contribution in [0, 0.1) is 17.8 Å². The largest absolute Gasteiger partial charge is 0.465 e. The van der Waals surface area contributed by atoms with Crippen LogP contribution in [0.2, 0.25) is 0 Å². The fourth-order valence-electron chi connectivity index (χ4n) is 2.20. The predicted molar refractivity (Wildman–Crippen MR) is 74.8 cm³/mol. The Morgan fingerprint density at radius 3 is 2.47 bits per heavy atom. The van der Waals surface area contributed by atoms with Gasteiger partial charge in [-0.05, 0) is 36.5 Å². The SMILES string of the molecule is C=C(C#Cc1ccccc1)C1CCN(C(=O)O)CC1. The van der Waals surface area contributed by atoms with Crippen molar-refractivity contribution in [1.82, 2.24) is 4.90 Å². The highest BCUT2D eigenvalue weighted by Crippen LogP contribution is 2.23. The molecule has 0 spiro atoms. The average molecular weight is 255 g/mol. The number of benzene rings is 1. The van der Waals surface area contributed by atoms with Crippen molar-refractivity contribution in [1.29, 1.82) is 0 Å². The number of hydrogen-bond donors (Lipinski definition) is 1. The fourth-order valence-corrected chi connectivity index (χ4v) is 2.20. The van der Waals surface area contributed by atoms with E-state index in [1.807, 2.05) is 30.3 Å². The minimum absolute atomic E-state index is 0.312. The number of nitrogens with zero attached hydrogens (tertiary/aromatic N) is 1. The van der Waals surface area contributed by atoms with Crippen LogP contribution in [-0.4, -0.2) is 29.2 Å². The summed E-state index contributed by atoms with van der Waals surface area (Å²) in [5.41, 5.74) is 1.89. The molecule has 0 unspecified atom stereocenters. The van der Waals surface area contributed by atoms with Gasteiger partial charge in [0.05, 0.1) is 0 Å². The maximum absolute atomic E-state index is 10.8. The van der Waals surface area contributed by atoms with Crippen molar-refractivity contribution in [3.8, 4) is 11.8 Å². The van der Waals surface area contributed by atoms with Crippen molar-refractivity contribution >= 4 is 6.09 Å². The molecule has 0 aliphatic carbocycles. The second-order valence-corrected chi connectivity index (χ2v) is 4.69. The van der Waals surface area contributed by atoms with Crippen LogP contribution in [0.1, 0.15) is 18.4 Å². The van der Waals surface area contributed by atoms with Gasteiger partial charge in [-0.25, -0.2) is 4.79 Å². The summed E-state index contributed by atoms with van der Waals surface area (Å²) < 4.78 is 0. The van der Waals surface area contributed by atoms with Crippen molar-refractivity contribution in [2.75, 3.05) is 13.1 Å². The third kappa shape index (κ3) is 3.62. The number of likely N-dealkylation sites (tertiary alicyclic amines) is 1. The van der Waals surface area contributed by atoms with E-state index < -0.39 is 6.09 Å². The van der Waals surface area contributed by atoms with Gasteiger partial charge in [-0.2, -0.15) is 0 Å². The second-order valence-electron chi connectivity index (χ2n) is 4.69. The summed E-state index contributed by atoms with van der Waals surface area (Å²) in [4.78, 5) is 12.3. The topological polar surface area (TPSA) is 40.5 Å². The Morgan fingerprint density at radius 1 is 1.26 bits per heavy atom. The molecule has 0 aromatic heterocycles. The van der Waals surface area contributed by atoms with Gasteiger partial charge < -0.3 is 10.0 Å². The molecule has 0 radical (unpaired) electrons. The molecule has 1 aliphatic heterocycles. The summed E-state index contributed by atoms with van der Waals surface area (Å²) in [5, 5.41) is 8.89. The highest BCUT2D eigenvalue weighted by atomic mass is 16.4. The third-order valence-electron chi connectivity index (χ3n) is 3.40. The Morgan fingerprint density at radius 2 is 1.89 bits per heavy atom. The summed E-state index contributed by atoms with van der Waals surface area (Å²) in [6.07, 6.45) is 0.794. The van der Waals surface area contributed by atoms with Gasteiger partial charge in [-0.3, -0.25) is 0 Å². The second kappa shape index (κ2) is 6.10. The van der Waals surface area contributed by atoms with E-state index in [1.54, 1.807) is 0 Å². The molecule has 3 heteroatoms. The first-order chi connectivity index (χ1) is 9.16. The molecular weight excluding hydrogens is 238 g/mol. The number of allylic oxidation sites excluding steroid dienone is 1. The normalized spacial score (nSPS) is 15.5. The molecule has 3 nitrogen and oxygen atoms in total. The van der Waals surface area contributed by atoms with Crippen molar-refractivity contribution in [2.24, 2.45) is 5.92 Å². The summed E-state index contributed by atoms with van der Waals surface area (Å²) in [6.45, 7) is 5.17. The molecule has 2 rings (SSSR count). The maximum Gasteiger partial charge on any atom is 0.407 e. The molecule has 1 saturated heterocycles. The zero-order chi connectivity index (χ0) is 13.7. The lowest BCUT2D eigenvalue weighted by Gasteiger charge is -2.29. The van der Waals surface area contributed by atoms with E-state index in [0.717, 1.165) is 24.0 Å². The monoisotopic (exact) mass is 255 g/mol. The Kier molecular flexibility index (Phi) is 4.25. The van der Waals surface area contributed by atoms with E-state index in [-0.39, 0.29) is 0 Å². The van der Waals surface area contributed by atoms with Crippen molar-refractivity contribution in [3.63, 3.8) is 0 Å². The lowest BCUT2D eigenvalue weighted by Crippen LogP contribution is -2.37. The van der Waals surface area contributed by atoms with Crippen LogP contribution in [-0.2, 0) is 0 Å². The van der Waals surface area contributed by atoms with Crippen LogP contribution < -0.4 is 0 Å². The lowest BCUT2D eigenvalue weighted by atomic mass is 9.90. The summed E-state index contributed by atoms with van der Waals surface area (Å²) in [7, 11) is 0. The van der Waals surface area contributed by atoms with E-state index >= 15 is 0 Å². The first kappa shape index (κ1) is 13.2. The lowest BCUT2D eigenvalue weighted by molar-refractivity contribution is 0.129. The van der Waals surface area contributed by atoms with Gasteiger partial charge in [0.25, 0.3) is 0 Å². The molecular formula is C16H17NO2. The van der Waals surface area contributed by atoms with Gasteiger partial charge >= 0.3 is 6.09 Å². The Bertz CT molecular complexity index is 517. The highest BCUT2D eigenvalue weighted by molar-refractivity contribution is 5.65. The Hall–Kier alpha value is -2.21. The van der Waals surface area contributed by atoms with Gasteiger partial charge in [0, 0.05) is 18.7 Å². The quantitative estimate of drug-likeness (QED) is 0.784. The van der Waals surface area contributed by atoms with Gasteiger partial charge in [0.2, 0.25) is 0 Å². The minimum Gasteiger partial charge on any atom is -0.465 e. The minimum atomic E-state index is -0.834. The van der Waals surface area contributed by atoms with Crippen molar-refractivity contribution < 1.29 is 9.90 Å². The maximum atomic E-state index is 10.8. The number of carboxylic acid groups (broad SMARTS) is 1. The smallest absolute Gasteiger partial charge is 0.407 e. The van der Waals surface area contributed by atoms with Crippen molar-refractivity contribution in [3.05, 3.63) is 48.0 Å². The van der Waals surface area contributed by atoms with Gasteiger partial charge in [0.15, 0.2) is 0 Å². The standard InChI is InChI=1S/C16H17NO2/c1-13(7-8-14-5-3-2-4-6-14)15-9-11-17(12-10-15)16(18)19/h2-6,15H,1,9-12H2,(H,18,19). The summed E-state index contributed by atoms with van der Waals surface area (Å²) in [5.74, 6) is 6.51. The number of piperidine rings is 1. The van der Waals surface area contributed by atoms with E-state index in [0.29, 0.717) is 19.0 Å². The van der Waals surface area contributed by atoms with E-state index in [1.165, 1.54) is 4.90 Å². The molecule has 1 amide bonds. The molecule has 19 heavy (non-hydrogen) atoms. The molecule has 0 bridgehead atoms. The zero-order valence-corrected chi connectivity index (χ0v) is 10.8. The first-order valence-electron chi connectivity index (χ1n) is 6.40. The van der Waals surface area contributed by atoms with Crippen LogP contribution >= 0.6 is 0 Å². The molecule has 0 atom stereocenters. The average Bonchev–Trinajstić information content (AvgIpc) is 2.46.